The van der Waals surface area contributed by atoms with Gasteiger partial charge in [-0.3, -0.25) is 0 Å². The SMILES string of the molecule is [NH]c1cccc(-c2nn(C3CCCCO3)c3ccc(-c4ncn(C(c5ccccc5)(c5ccccc5)c5ccccc5)n4)cc23)c1. The van der Waals surface area contributed by atoms with E-state index in [0.717, 1.165) is 70.3 Å². The summed E-state index contributed by atoms with van der Waals surface area (Å²) < 4.78 is 10.2. The van der Waals surface area contributed by atoms with Crippen LogP contribution in [0.5, 0.6) is 0 Å². The van der Waals surface area contributed by atoms with E-state index in [-0.39, 0.29) is 6.23 Å². The fourth-order valence-electron chi connectivity index (χ4n) is 6.79. The minimum atomic E-state index is -0.748. The lowest BCUT2D eigenvalue weighted by Gasteiger charge is -2.35. The molecule has 0 bridgehead atoms. The highest BCUT2D eigenvalue weighted by molar-refractivity contribution is 5.96. The zero-order valence-corrected chi connectivity index (χ0v) is 25.3. The smallest absolute Gasteiger partial charge is 0.181 e. The van der Waals surface area contributed by atoms with Crippen LogP contribution in [0.1, 0.15) is 42.2 Å². The van der Waals surface area contributed by atoms with Crippen molar-refractivity contribution in [2.45, 2.75) is 31.0 Å². The van der Waals surface area contributed by atoms with Crippen molar-refractivity contribution in [3.8, 4) is 22.6 Å². The minimum Gasteiger partial charge on any atom is -0.356 e. The second-order valence-electron chi connectivity index (χ2n) is 11.7. The minimum absolute atomic E-state index is 0.115. The lowest BCUT2D eigenvalue weighted by molar-refractivity contribution is -0.0365. The maximum absolute atomic E-state index is 8.26. The van der Waals surface area contributed by atoms with Gasteiger partial charge in [-0.05, 0) is 66.3 Å². The van der Waals surface area contributed by atoms with Crippen molar-refractivity contribution in [2.24, 2.45) is 0 Å². The Bertz CT molecular complexity index is 2000. The van der Waals surface area contributed by atoms with Crippen molar-refractivity contribution in [3.05, 3.63) is 156 Å². The fourth-order valence-corrected chi connectivity index (χ4v) is 6.79. The molecule has 1 unspecified atom stereocenters. The third-order valence-electron chi connectivity index (χ3n) is 8.94. The molecule has 46 heavy (non-hydrogen) atoms. The zero-order chi connectivity index (χ0) is 30.9. The van der Waals surface area contributed by atoms with Crippen LogP contribution < -0.4 is 5.73 Å². The van der Waals surface area contributed by atoms with E-state index in [2.05, 4.69) is 91.0 Å². The molecular formula is C39H33N6O. The number of ether oxygens (including phenoxy) is 1. The number of hydrogen-bond acceptors (Lipinski definition) is 4. The van der Waals surface area contributed by atoms with E-state index in [4.69, 9.17) is 25.7 Å². The lowest BCUT2D eigenvalue weighted by atomic mass is 9.77. The summed E-state index contributed by atoms with van der Waals surface area (Å²) in [4.78, 5) is 4.92. The van der Waals surface area contributed by atoms with Gasteiger partial charge in [-0.15, -0.1) is 5.10 Å². The van der Waals surface area contributed by atoms with Crippen molar-refractivity contribution in [1.82, 2.24) is 30.3 Å². The molecule has 0 amide bonds. The average Bonchev–Trinajstić information content (AvgIpc) is 3.77. The first kappa shape index (κ1) is 28.0. The van der Waals surface area contributed by atoms with Gasteiger partial charge in [0.15, 0.2) is 12.1 Å². The standard InChI is InChI=1S/C39H33N6O/c40-33-20-12-13-28(25-33)37-34-26-29(22-23-35(34)45(42-37)36-21-10-11-24-46-36)38-41-27-44(43-38)39(30-14-4-1-5-15-30,31-16-6-2-7-17-31)32-18-8-3-9-19-32/h1-9,12-20,22-23,25-27,36,40H,10-11,21,24H2. The number of fused-ring (bicyclic) bond motifs is 1. The number of hydrogen-bond donors (Lipinski definition) is 0. The normalized spacial score (nSPS) is 15.3. The van der Waals surface area contributed by atoms with E-state index in [1.807, 2.05) is 52.1 Å². The first-order chi connectivity index (χ1) is 22.7. The van der Waals surface area contributed by atoms with Crippen LogP contribution in [0.3, 0.4) is 0 Å². The van der Waals surface area contributed by atoms with Gasteiger partial charge in [-0.1, -0.05) is 103 Å². The van der Waals surface area contributed by atoms with Crippen molar-refractivity contribution < 1.29 is 4.74 Å². The van der Waals surface area contributed by atoms with Gasteiger partial charge in [0.25, 0.3) is 0 Å². The third kappa shape index (κ3) is 4.76. The van der Waals surface area contributed by atoms with Crippen LogP contribution in [0, 0.1) is 0 Å². The van der Waals surface area contributed by atoms with Gasteiger partial charge >= 0.3 is 0 Å². The molecule has 1 radical (unpaired) electrons. The second kappa shape index (κ2) is 11.8. The van der Waals surface area contributed by atoms with Gasteiger partial charge in [0, 0.05) is 23.1 Å². The molecule has 8 rings (SSSR count). The molecule has 1 N–H and O–H groups in total. The Hall–Kier alpha value is -5.53. The molecule has 1 saturated heterocycles. The van der Waals surface area contributed by atoms with Crippen LogP contribution in [0.15, 0.2) is 140 Å². The van der Waals surface area contributed by atoms with Crippen LogP contribution in [-0.4, -0.2) is 31.2 Å². The van der Waals surface area contributed by atoms with Crippen LogP contribution in [0.25, 0.3) is 33.5 Å². The molecular weight excluding hydrogens is 568 g/mol. The van der Waals surface area contributed by atoms with Crippen LogP contribution in [0.2, 0.25) is 0 Å². The molecule has 7 nitrogen and oxygen atoms in total. The number of aromatic nitrogens is 5. The van der Waals surface area contributed by atoms with E-state index in [1.165, 1.54) is 0 Å². The third-order valence-corrected chi connectivity index (χ3v) is 8.94. The number of benzene rings is 5. The van der Waals surface area contributed by atoms with Gasteiger partial charge in [0.2, 0.25) is 0 Å². The van der Waals surface area contributed by atoms with Gasteiger partial charge in [0.1, 0.15) is 17.6 Å². The van der Waals surface area contributed by atoms with E-state index < -0.39 is 5.54 Å². The zero-order valence-electron chi connectivity index (χ0n) is 25.3. The Morgan fingerprint density at radius 2 is 1.35 bits per heavy atom. The maximum Gasteiger partial charge on any atom is 0.181 e. The van der Waals surface area contributed by atoms with E-state index in [1.54, 1.807) is 6.07 Å². The Morgan fingerprint density at radius 3 is 1.96 bits per heavy atom. The van der Waals surface area contributed by atoms with Crippen molar-refractivity contribution in [3.63, 3.8) is 0 Å². The quantitative estimate of drug-likeness (QED) is 0.172. The maximum atomic E-state index is 8.26. The average molecular weight is 602 g/mol. The first-order valence-electron chi connectivity index (χ1n) is 15.8. The monoisotopic (exact) mass is 601 g/mol. The molecule has 2 aromatic heterocycles. The van der Waals surface area contributed by atoms with Crippen LogP contribution in [-0.2, 0) is 10.3 Å². The largest absolute Gasteiger partial charge is 0.356 e. The molecule has 7 heteroatoms. The summed E-state index contributed by atoms with van der Waals surface area (Å²) in [6.07, 6.45) is 4.82. The number of nitrogens with zero attached hydrogens (tertiary/aromatic N) is 5. The summed E-state index contributed by atoms with van der Waals surface area (Å²) >= 11 is 0. The second-order valence-corrected chi connectivity index (χ2v) is 11.7. The molecule has 0 spiro atoms. The Kier molecular flexibility index (Phi) is 7.15. The first-order valence-corrected chi connectivity index (χ1v) is 15.8. The molecule has 5 aromatic carbocycles. The number of rotatable bonds is 7. The number of nitrogens with one attached hydrogen (secondary N) is 1. The molecule has 1 aliphatic rings. The summed E-state index contributed by atoms with van der Waals surface area (Å²) in [5.41, 5.74) is 14.8. The molecule has 1 aliphatic heterocycles. The highest BCUT2D eigenvalue weighted by Crippen LogP contribution is 2.41. The molecule has 7 aromatic rings. The summed E-state index contributed by atoms with van der Waals surface area (Å²) in [7, 11) is 0. The Morgan fingerprint density at radius 1 is 0.674 bits per heavy atom. The summed E-state index contributed by atoms with van der Waals surface area (Å²) in [5, 5.41) is 11.3. The highest BCUT2D eigenvalue weighted by atomic mass is 16.5. The van der Waals surface area contributed by atoms with Crippen LogP contribution in [0.4, 0.5) is 5.69 Å². The Labute approximate surface area is 267 Å². The molecule has 0 saturated carbocycles. The molecule has 1 fully saturated rings. The predicted molar refractivity (Wildman–Crippen MR) is 180 cm³/mol. The topological polar surface area (TPSA) is 81.6 Å². The van der Waals surface area contributed by atoms with Gasteiger partial charge in [-0.25, -0.2) is 14.3 Å². The fraction of sp³-hybridized carbons (Fsp3) is 0.154. The summed E-state index contributed by atoms with van der Waals surface area (Å²) in [6.45, 7) is 0.731. The van der Waals surface area contributed by atoms with E-state index >= 15 is 0 Å². The highest BCUT2D eigenvalue weighted by Gasteiger charge is 2.39. The van der Waals surface area contributed by atoms with E-state index in [9.17, 15) is 0 Å². The Balaban J connectivity index is 1.31. The van der Waals surface area contributed by atoms with Crippen molar-refractivity contribution in [1.29, 1.82) is 0 Å². The van der Waals surface area contributed by atoms with Crippen molar-refractivity contribution in [2.75, 3.05) is 6.61 Å². The lowest BCUT2D eigenvalue weighted by Crippen LogP contribution is -2.38. The van der Waals surface area contributed by atoms with E-state index in [0.29, 0.717) is 11.5 Å². The van der Waals surface area contributed by atoms with Gasteiger partial charge < -0.3 is 10.5 Å². The molecule has 3 heterocycles. The summed E-state index contributed by atoms with van der Waals surface area (Å²) in [5.74, 6) is 0.621. The molecule has 0 aliphatic carbocycles. The van der Waals surface area contributed by atoms with Crippen molar-refractivity contribution >= 4 is 16.6 Å². The molecule has 1 atom stereocenters. The predicted octanol–water partition coefficient (Wildman–Crippen LogP) is 8.42. The summed E-state index contributed by atoms with van der Waals surface area (Å²) in [6, 6.07) is 45.3. The van der Waals surface area contributed by atoms with Crippen LogP contribution >= 0.6 is 0 Å². The van der Waals surface area contributed by atoms with Gasteiger partial charge in [0.05, 0.1) is 11.2 Å². The van der Waals surface area contributed by atoms with Gasteiger partial charge in [-0.2, -0.15) is 5.10 Å². The molecule has 225 valence electrons.